The third-order valence-corrected chi connectivity index (χ3v) is 5.80. The third-order valence-electron chi connectivity index (χ3n) is 5.80. The molecule has 2 aromatic rings. The van der Waals surface area contributed by atoms with Crippen LogP contribution in [-0.4, -0.2) is 64.8 Å². The van der Waals surface area contributed by atoms with E-state index in [2.05, 4.69) is 26.8 Å². The van der Waals surface area contributed by atoms with E-state index in [1.54, 1.807) is 6.20 Å². The van der Waals surface area contributed by atoms with Gasteiger partial charge in [-0.25, -0.2) is 0 Å². The molecule has 0 N–H and O–H groups in total. The van der Waals surface area contributed by atoms with E-state index < -0.39 is 0 Å². The summed E-state index contributed by atoms with van der Waals surface area (Å²) in [6, 6.07) is 5.56. The van der Waals surface area contributed by atoms with Crippen molar-refractivity contribution in [3.63, 3.8) is 0 Å². The molecule has 28 heavy (non-hydrogen) atoms. The van der Waals surface area contributed by atoms with Crippen LogP contribution < -0.4 is 4.90 Å². The summed E-state index contributed by atoms with van der Waals surface area (Å²) in [4.78, 5) is 21.9. The first-order valence-corrected chi connectivity index (χ1v) is 10.2. The molecule has 7 nitrogen and oxygen atoms in total. The fourth-order valence-corrected chi connectivity index (χ4v) is 4.40. The van der Waals surface area contributed by atoms with E-state index in [0.717, 1.165) is 64.5 Å². The van der Waals surface area contributed by atoms with Crippen LogP contribution in [-0.2, 0) is 18.3 Å². The Morgan fingerprint density at radius 2 is 2.07 bits per heavy atom. The Labute approximate surface area is 166 Å². The van der Waals surface area contributed by atoms with Gasteiger partial charge < -0.3 is 9.64 Å². The zero-order valence-corrected chi connectivity index (χ0v) is 16.8. The fraction of sp³-hybridized carbons (Fsp3) is 0.571. The molecule has 2 aliphatic heterocycles. The number of Topliss-reactive ketones (excluding diaryl/α,β-unsaturated/α-hetero) is 1. The summed E-state index contributed by atoms with van der Waals surface area (Å²) in [5, 5.41) is 4.68. The molecule has 2 aliphatic rings. The minimum Gasteiger partial charge on any atom is -0.378 e. The zero-order chi connectivity index (χ0) is 19.5. The highest BCUT2D eigenvalue weighted by Gasteiger charge is 2.29. The van der Waals surface area contributed by atoms with Gasteiger partial charge in [-0.2, -0.15) is 5.10 Å². The lowest BCUT2D eigenvalue weighted by Crippen LogP contribution is -2.40. The predicted molar refractivity (Wildman–Crippen MR) is 108 cm³/mol. The first-order chi connectivity index (χ1) is 13.6. The van der Waals surface area contributed by atoms with Crippen molar-refractivity contribution in [1.82, 2.24) is 19.7 Å². The van der Waals surface area contributed by atoms with Gasteiger partial charge in [-0.15, -0.1) is 0 Å². The van der Waals surface area contributed by atoms with Crippen molar-refractivity contribution < 1.29 is 9.53 Å². The smallest absolute Gasteiger partial charge is 0.185 e. The van der Waals surface area contributed by atoms with Crippen LogP contribution in [0.1, 0.15) is 34.6 Å². The van der Waals surface area contributed by atoms with E-state index in [4.69, 9.17) is 4.74 Å². The molecule has 1 unspecified atom stereocenters. The van der Waals surface area contributed by atoms with Crippen LogP contribution in [0.2, 0.25) is 0 Å². The third kappa shape index (κ3) is 3.95. The van der Waals surface area contributed by atoms with Crippen LogP contribution in [0.3, 0.4) is 0 Å². The van der Waals surface area contributed by atoms with Crippen molar-refractivity contribution in [1.29, 1.82) is 0 Å². The van der Waals surface area contributed by atoms with Gasteiger partial charge in [-0.3, -0.25) is 19.4 Å². The number of hydrogen-bond donors (Lipinski definition) is 0. The van der Waals surface area contributed by atoms with E-state index in [1.807, 2.05) is 29.9 Å². The van der Waals surface area contributed by atoms with Gasteiger partial charge in [0.05, 0.1) is 18.9 Å². The second kappa shape index (κ2) is 8.41. The summed E-state index contributed by atoms with van der Waals surface area (Å²) in [7, 11) is 2.02. The first kappa shape index (κ1) is 19.1. The number of aromatic nitrogens is 3. The van der Waals surface area contributed by atoms with Crippen LogP contribution in [0.15, 0.2) is 24.4 Å². The number of ketones is 1. The van der Waals surface area contributed by atoms with Gasteiger partial charge in [0.2, 0.25) is 0 Å². The number of carbonyl (C=O) groups excluding carboxylic acids is 1. The number of carbonyl (C=O) groups is 1. The summed E-state index contributed by atoms with van der Waals surface area (Å²) >= 11 is 0. The lowest BCUT2D eigenvalue weighted by atomic mass is 9.91. The molecule has 0 spiro atoms. The van der Waals surface area contributed by atoms with Crippen molar-refractivity contribution in [2.75, 3.05) is 44.3 Å². The highest BCUT2D eigenvalue weighted by Crippen LogP contribution is 2.28. The number of piperidine rings is 1. The zero-order valence-electron chi connectivity index (χ0n) is 16.8. The maximum Gasteiger partial charge on any atom is 0.185 e. The topological polar surface area (TPSA) is 63.5 Å². The molecular formula is C21H29N5O2. The first-order valence-electron chi connectivity index (χ1n) is 10.2. The number of ether oxygens (including phenoxy) is 1. The normalized spacial score (nSPS) is 21.1. The average molecular weight is 383 g/mol. The molecule has 150 valence electrons. The Bertz CT molecular complexity index is 814. The van der Waals surface area contributed by atoms with Gasteiger partial charge in [0, 0.05) is 50.9 Å². The van der Waals surface area contributed by atoms with Crippen molar-refractivity contribution in [2.24, 2.45) is 13.0 Å². The Morgan fingerprint density at radius 3 is 2.82 bits per heavy atom. The molecule has 0 saturated carbocycles. The largest absolute Gasteiger partial charge is 0.378 e. The Hall–Kier alpha value is -2.25. The number of aryl methyl sites for hydroxylation is 2. The minimum atomic E-state index is 0.0208. The van der Waals surface area contributed by atoms with Crippen molar-refractivity contribution >= 4 is 11.6 Å². The molecule has 0 radical (unpaired) electrons. The van der Waals surface area contributed by atoms with Crippen LogP contribution >= 0.6 is 0 Å². The van der Waals surface area contributed by atoms with Gasteiger partial charge >= 0.3 is 0 Å². The van der Waals surface area contributed by atoms with Crippen LogP contribution in [0.5, 0.6) is 0 Å². The summed E-state index contributed by atoms with van der Waals surface area (Å²) in [5.74, 6) is 1.38. The Balaban J connectivity index is 1.49. The number of nitrogens with zero attached hydrogens (tertiary/aromatic N) is 5. The van der Waals surface area contributed by atoms with Crippen molar-refractivity contribution in [2.45, 2.75) is 26.3 Å². The highest BCUT2D eigenvalue weighted by atomic mass is 16.5. The standard InChI is InChI=1S/C21H29N5O2/c1-16-18(21(24(2)23-16)26-10-12-28-13-11-26)15-25-9-5-6-17(14-25)20(27)19-7-3-4-8-22-19/h3-4,7-8,17H,5-6,9-15H2,1-2H3. The van der Waals surface area contributed by atoms with Crippen LogP contribution in [0, 0.1) is 12.8 Å². The monoisotopic (exact) mass is 383 g/mol. The number of likely N-dealkylation sites (tertiary alicyclic amines) is 1. The van der Waals surface area contributed by atoms with E-state index in [1.165, 1.54) is 11.4 Å². The number of morpholine rings is 1. The van der Waals surface area contributed by atoms with E-state index in [-0.39, 0.29) is 11.7 Å². The molecule has 0 amide bonds. The number of anilines is 1. The van der Waals surface area contributed by atoms with E-state index in [0.29, 0.717) is 5.69 Å². The van der Waals surface area contributed by atoms with Gasteiger partial charge in [-0.05, 0) is 38.4 Å². The molecule has 0 aromatic carbocycles. The predicted octanol–water partition coefficient (Wildman–Crippen LogP) is 2.06. The van der Waals surface area contributed by atoms with Gasteiger partial charge in [-0.1, -0.05) is 6.07 Å². The summed E-state index contributed by atoms with van der Waals surface area (Å²) < 4.78 is 7.51. The molecule has 1 atom stereocenters. The van der Waals surface area contributed by atoms with E-state index >= 15 is 0 Å². The van der Waals surface area contributed by atoms with Crippen LogP contribution in [0.25, 0.3) is 0 Å². The van der Waals surface area contributed by atoms with Gasteiger partial charge in [0.25, 0.3) is 0 Å². The molecule has 4 heterocycles. The van der Waals surface area contributed by atoms with E-state index in [9.17, 15) is 4.79 Å². The second-order valence-electron chi connectivity index (χ2n) is 7.76. The van der Waals surface area contributed by atoms with Crippen molar-refractivity contribution in [3.8, 4) is 0 Å². The minimum absolute atomic E-state index is 0.0208. The summed E-state index contributed by atoms with van der Waals surface area (Å²) in [6.45, 7) is 8.02. The molecule has 0 aliphatic carbocycles. The summed E-state index contributed by atoms with van der Waals surface area (Å²) in [6.07, 6.45) is 3.67. The lowest BCUT2D eigenvalue weighted by Gasteiger charge is -2.34. The molecule has 4 rings (SSSR count). The average Bonchev–Trinajstić information content (AvgIpc) is 3.02. The summed E-state index contributed by atoms with van der Waals surface area (Å²) in [5.41, 5.74) is 2.93. The maximum absolute atomic E-state index is 12.9. The molecule has 0 bridgehead atoms. The highest BCUT2D eigenvalue weighted by molar-refractivity contribution is 5.96. The van der Waals surface area contributed by atoms with Gasteiger partial charge in [0.1, 0.15) is 11.5 Å². The van der Waals surface area contributed by atoms with Crippen LogP contribution in [0.4, 0.5) is 5.82 Å². The quantitative estimate of drug-likeness (QED) is 0.737. The molecule has 2 fully saturated rings. The Morgan fingerprint density at radius 1 is 1.25 bits per heavy atom. The number of hydrogen-bond acceptors (Lipinski definition) is 6. The molecule has 7 heteroatoms. The van der Waals surface area contributed by atoms with Gasteiger partial charge in [0.15, 0.2) is 5.78 Å². The molecular weight excluding hydrogens is 354 g/mol. The number of pyridine rings is 1. The maximum atomic E-state index is 12.9. The fourth-order valence-electron chi connectivity index (χ4n) is 4.40. The number of rotatable bonds is 5. The second-order valence-corrected chi connectivity index (χ2v) is 7.76. The molecule has 2 aromatic heterocycles. The van der Waals surface area contributed by atoms with Crippen molar-refractivity contribution in [3.05, 3.63) is 41.3 Å². The Kier molecular flexibility index (Phi) is 5.73. The lowest BCUT2D eigenvalue weighted by molar-refractivity contribution is 0.0806. The SMILES string of the molecule is Cc1nn(C)c(N2CCOCC2)c1CN1CCCC(C(=O)c2ccccn2)C1. The molecule has 2 saturated heterocycles.